The van der Waals surface area contributed by atoms with E-state index < -0.39 is 156 Å². The fourth-order valence-corrected chi connectivity index (χ4v) is 7.44. The molecule has 5 nitrogen and oxygen atoms in total. The van der Waals surface area contributed by atoms with Gasteiger partial charge in [0.05, 0.1) is 5.56 Å². The molecule has 0 spiro atoms. The highest BCUT2D eigenvalue weighted by atomic mass is 19.2. The fourth-order valence-electron chi connectivity index (χ4n) is 7.44. The molecule has 7 aromatic rings. The number of rotatable bonds is 8. The zero-order valence-electron chi connectivity index (χ0n) is 32.3. The van der Waals surface area contributed by atoms with Gasteiger partial charge in [0.2, 0.25) is 5.52 Å². The lowest BCUT2D eigenvalue weighted by molar-refractivity contribution is -0.664. The number of nitrogens with zero attached hydrogens (tertiary/aromatic N) is 1. The number of pyridine rings is 1. The Balaban J connectivity index is 0.000000276. The van der Waals surface area contributed by atoms with Crippen LogP contribution in [0.3, 0.4) is 0 Å². The summed E-state index contributed by atoms with van der Waals surface area (Å²) in [4.78, 5) is 22.7. The average molecular weight is 987 g/mol. The molecule has 0 amide bonds. The number of aromatic nitrogens is 1. The SMILES string of the molecule is Fc1c(F)c(F)c([B-](c2c(F)c(F)c(F)c(F)c2F)(c2c(F)c(F)c(F)c(F)c2F)c2c(F)c(F)c(F)c(F)c2F)c(F)c1F.O=C(O)c1ccc2ccc(C(=O)O)[n+](Cc3ccccc3)c2c1. The Hall–Kier alpha value is -7.67. The molecule has 0 bridgehead atoms. The zero-order valence-corrected chi connectivity index (χ0v) is 32.3. The normalized spacial score (nSPS) is 11.5. The van der Waals surface area contributed by atoms with Gasteiger partial charge < -0.3 is 10.2 Å². The summed E-state index contributed by atoms with van der Waals surface area (Å²) in [7, 11) is 0. The molecule has 0 unspecified atom stereocenters. The van der Waals surface area contributed by atoms with Gasteiger partial charge in [-0.2, -0.15) is 4.57 Å². The van der Waals surface area contributed by atoms with Crippen molar-refractivity contribution in [1.29, 1.82) is 0 Å². The lowest BCUT2D eigenvalue weighted by Gasteiger charge is -2.44. The fraction of sp³-hybridized carbons (Fsp3) is 0.0238. The van der Waals surface area contributed by atoms with Gasteiger partial charge in [0.1, 0.15) is 52.7 Å². The third-order valence-corrected chi connectivity index (χ3v) is 10.4. The Morgan fingerprint density at radius 3 is 0.971 bits per heavy atom. The van der Waals surface area contributed by atoms with Crippen LogP contribution in [0.4, 0.5) is 87.8 Å². The molecule has 0 fully saturated rings. The number of aromatic carboxylic acids is 2. The summed E-state index contributed by atoms with van der Waals surface area (Å²) in [5.74, 6) is -73.5. The number of carbonyl (C=O) groups is 2. The van der Waals surface area contributed by atoms with Crippen LogP contribution >= 0.6 is 0 Å². The monoisotopic (exact) mass is 987 g/mol. The molecule has 0 atom stereocenters. The molecule has 0 saturated carbocycles. The van der Waals surface area contributed by atoms with Crippen LogP contribution in [0.15, 0.2) is 60.7 Å². The van der Waals surface area contributed by atoms with E-state index in [0.29, 0.717) is 12.1 Å². The zero-order chi connectivity index (χ0) is 50.8. The summed E-state index contributed by atoms with van der Waals surface area (Å²) < 4.78 is 296. The van der Waals surface area contributed by atoms with Gasteiger partial charge >= 0.3 is 11.9 Å². The molecule has 7 rings (SSSR count). The molecule has 0 aliphatic heterocycles. The predicted molar refractivity (Wildman–Crippen MR) is 193 cm³/mol. The molecule has 1 aromatic heterocycles. The maximum atomic E-state index is 15.4. The van der Waals surface area contributed by atoms with Crippen molar-refractivity contribution >= 4 is 50.8 Å². The summed E-state index contributed by atoms with van der Waals surface area (Å²) in [6.45, 7) is 0.350. The van der Waals surface area contributed by atoms with Gasteiger partial charge in [0, 0.05) is 23.1 Å². The van der Waals surface area contributed by atoms with Crippen molar-refractivity contribution in [3.63, 3.8) is 0 Å². The number of hydrogen-bond donors (Lipinski definition) is 2. The summed E-state index contributed by atoms with van der Waals surface area (Å²) >= 11 is 0. The molecular weight excluding hydrogens is 973 g/mol. The maximum Gasteiger partial charge on any atom is 0.401 e. The molecule has 2 N–H and O–H groups in total. The molecule has 0 aliphatic rings. The molecule has 68 heavy (non-hydrogen) atoms. The first-order valence-corrected chi connectivity index (χ1v) is 18.0. The van der Waals surface area contributed by atoms with E-state index in [1.54, 1.807) is 16.7 Å². The Labute approximate surface area is 363 Å². The van der Waals surface area contributed by atoms with Crippen LogP contribution in [0, 0.1) is 116 Å². The standard InChI is InChI=1S/C24BF20.C18H13NO4/c26-5-1(6(27)14(35)21(42)13(5)34)25(2-7(28)15(36)22(43)16(37)8(2)29,3-9(30)17(38)23(44)18(39)10(3)31)4-11(32)19(40)24(45)20(41)12(4)33;20-17(21)14-7-6-13-8-9-15(18(22)23)19(16(13)10-14)11-12-4-2-1-3-5-12/h;1-10H,11H2,(H-,20,21,22,23)/q-1;/p+1. The second-order valence-corrected chi connectivity index (χ2v) is 14.0. The van der Waals surface area contributed by atoms with Gasteiger partial charge in [0.25, 0.3) is 5.69 Å². The minimum Gasteiger partial charge on any atom is -0.478 e. The minimum absolute atomic E-state index is 0.115. The van der Waals surface area contributed by atoms with E-state index in [-0.39, 0.29) is 11.3 Å². The smallest absolute Gasteiger partial charge is 0.401 e. The van der Waals surface area contributed by atoms with Gasteiger partial charge in [-0.15, -0.1) is 21.9 Å². The molecule has 26 heteroatoms. The topological polar surface area (TPSA) is 78.5 Å². The average Bonchev–Trinajstić information content (AvgIpc) is 3.31. The summed E-state index contributed by atoms with van der Waals surface area (Å²) in [6.07, 6.45) is -7.22. The molecule has 0 saturated heterocycles. The highest BCUT2D eigenvalue weighted by Crippen LogP contribution is 2.31. The molecule has 354 valence electrons. The van der Waals surface area contributed by atoms with Crippen LogP contribution in [-0.2, 0) is 6.54 Å². The van der Waals surface area contributed by atoms with Crippen LogP contribution in [0.25, 0.3) is 10.9 Å². The van der Waals surface area contributed by atoms with Gasteiger partial charge in [0.15, 0.2) is 76.4 Å². The first kappa shape index (κ1) is 49.8. The van der Waals surface area contributed by atoms with Crippen LogP contribution in [0.1, 0.15) is 26.4 Å². The van der Waals surface area contributed by atoms with Crippen LogP contribution in [0.5, 0.6) is 0 Å². The number of benzene rings is 6. The minimum atomic E-state index is -7.22. The van der Waals surface area contributed by atoms with Gasteiger partial charge in [-0.25, -0.2) is 97.4 Å². The Bertz CT molecular complexity index is 2900. The number of fused-ring (bicyclic) bond motifs is 1. The van der Waals surface area contributed by atoms with Crippen LogP contribution in [0.2, 0.25) is 0 Å². The van der Waals surface area contributed by atoms with Crippen molar-refractivity contribution in [3.05, 3.63) is 194 Å². The van der Waals surface area contributed by atoms with E-state index >= 15 is 35.1 Å². The first-order valence-electron chi connectivity index (χ1n) is 18.0. The number of carboxylic acid groups (broad SMARTS) is 2. The van der Waals surface area contributed by atoms with E-state index in [0.717, 1.165) is 10.9 Å². The third-order valence-electron chi connectivity index (χ3n) is 10.4. The summed E-state index contributed by atoms with van der Waals surface area (Å²) in [6, 6.07) is 17.4. The Morgan fingerprint density at radius 2 is 0.676 bits per heavy atom. The highest BCUT2D eigenvalue weighted by Gasteiger charge is 2.52. The second-order valence-electron chi connectivity index (χ2n) is 14.0. The summed E-state index contributed by atoms with van der Waals surface area (Å²) in [5.41, 5.74) is -12.6. The Kier molecular flexibility index (Phi) is 13.3. The van der Waals surface area contributed by atoms with Gasteiger partial charge in [-0.05, 0) is 18.2 Å². The van der Waals surface area contributed by atoms with Crippen molar-refractivity contribution < 1.29 is 112 Å². The van der Waals surface area contributed by atoms with Crippen molar-refractivity contribution in [2.45, 2.75) is 6.54 Å². The number of hydrogen-bond acceptors (Lipinski definition) is 2. The number of carboxylic acids is 2. The second kappa shape index (κ2) is 18.2. The largest absolute Gasteiger partial charge is 0.478 e. The molecule has 6 aromatic carbocycles. The summed E-state index contributed by atoms with van der Waals surface area (Å²) in [5, 5.41) is 19.4. The van der Waals surface area contributed by atoms with Crippen molar-refractivity contribution in [3.8, 4) is 0 Å². The highest BCUT2D eigenvalue weighted by molar-refractivity contribution is 7.20. The van der Waals surface area contributed by atoms with Crippen LogP contribution < -0.4 is 26.4 Å². The predicted octanol–water partition coefficient (Wildman–Crippen LogP) is 8.42. The van der Waals surface area contributed by atoms with E-state index in [4.69, 9.17) is 0 Å². The van der Waals surface area contributed by atoms with E-state index in [2.05, 4.69) is 0 Å². The lowest BCUT2D eigenvalue weighted by atomic mass is 9.12. The van der Waals surface area contributed by atoms with Gasteiger partial charge in [-0.3, -0.25) is 0 Å². The Morgan fingerprint density at radius 1 is 0.382 bits per heavy atom. The molecule has 0 aliphatic carbocycles. The van der Waals surface area contributed by atoms with Crippen LogP contribution in [-0.4, -0.2) is 28.3 Å². The van der Waals surface area contributed by atoms with Gasteiger partial charge in [-0.1, -0.05) is 30.3 Å². The van der Waals surface area contributed by atoms with Crippen molar-refractivity contribution in [1.82, 2.24) is 0 Å². The molecular formula is C42H14BF20NO4. The van der Waals surface area contributed by atoms with E-state index in [1.807, 2.05) is 30.3 Å². The quantitative estimate of drug-likeness (QED) is 0.0528. The van der Waals surface area contributed by atoms with E-state index in [9.17, 15) is 72.5 Å². The van der Waals surface area contributed by atoms with E-state index in [1.165, 1.54) is 18.2 Å². The molecule has 0 radical (unpaired) electrons. The first-order chi connectivity index (χ1) is 31.8. The van der Waals surface area contributed by atoms with Crippen molar-refractivity contribution in [2.24, 2.45) is 0 Å². The lowest BCUT2D eigenvalue weighted by Crippen LogP contribution is -2.81. The van der Waals surface area contributed by atoms with Crippen molar-refractivity contribution in [2.75, 3.05) is 0 Å². The maximum absolute atomic E-state index is 15.4. The number of halogens is 20. The molecule has 1 heterocycles. The third kappa shape index (κ3) is 7.65.